The van der Waals surface area contributed by atoms with Crippen LogP contribution in [0.5, 0.6) is 0 Å². The molecule has 0 bridgehead atoms. The summed E-state index contributed by atoms with van der Waals surface area (Å²) in [5.41, 5.74) is 0.326. The highest BCUT2D eigenvalue weighted by molar-refractivity contribution is 5.87. The number of aromatic nitrogens is 1. The maximum absolute atomic E-state index is 11.6. The van der Waals surface area contributed by atoms with Crippen molar-refractivity contribution in [2.24, 2.45) is 0 Å². The number of nitrogens with one attached hydrogen (secondary N) is 1. The monoisotopic (exact) mass is 244 g/mol. The van der Waals surface area contributed by atoms with Crippen LogP contribution >= 0.6 is 0 Å². The molecule has 1 aromatic heterocycles. The van der Waals surface area contributed by atoms with Crippen molar-refractivity contribution in [3.05, 3.63) is 36.4 Å². The molecule has 0 radical (unpaired) electrons. The Hall–Kier alpha value is -2.10. The molecule has 0 aliphatic rings. The van der Waals surface area contributed by atoms with Crippen molar-refractivity contribution in [3.8, 4) is 0 Å². The minimum absolute atomic E-state index is 0.489. The molecular formula is C14H16N2O2. The van der Waals surface area contributed by atoms with Gasteiger partial charge in [-0.2, -0.15) is 0 Å². The number of anilines is 1. The lowest BCUT2D eigenvalue weighted by Crippen LogP contribution is -2.27. The zero-order chi connectivity index (χ0) is 13.2. The first-order valence-corrected chi connectivity index (χ1v) is 5.80. The Labute approximate surface area is 106 Å². The molecule has 2 rings (SSSR count). The SMILES string of the molecule is CC(C)(C)OC(=O)Nc1ccc2ccccc2n1. The van der Waals surface area contributed by atoms with Crippen molar-refractivity contribution in [2.75, 3.05) is 5.32 Å². The van der Waals surface area contributed by atoms with Crippen LogP contribution in [0, 0.1) is 0 Å². The van der Waals surface area contributed by atoms with E-state index in [1.807, 2.05) is 51.1 Å². The first-order valence-electron chi connectivity index (χ1n) is 5.80. The Kier molecular flexibility index (Phi) is 3.19. The van der Waals surface area contributed by atoms with Crippen LogP contribution in [0.2, 0.25) is 0 Å². The van der Waals surface area contributed by atoms with Crippen LogP contribution < -0.4 is 5.32 Å². The average molecular weight is 244 g/mol. The summed E-state index contributed by atoms with van der Waals surface area (Å²) >= 11 is 0. The molecule has 1 heterocycles. The van der Waals surface area contributed by atoms with Gasteiger partial charge in [0.15, 0.2) is 0 Å². The third-order valence-electron chi connectivity index (χ3n) is 2.23. The van der Waals surface area contributed by atoms with Gasteiger partial charge in [0.2, 0.25) is 0 Å². The molecule has 1 N–H and O–H groups in total. The Balaban J connectivity index is 2.15. The molecule has 0 saturated carbocycles. The number of benzene rings is 1. The first kappa shape index (κ1) is 12.4. The van der Waals surface area contributed by atoms with Crippen LogP contribution in [0.3, 0.4) is 0 Å². The smallest absolute Gasteiger partial charge is 0.413 e. The molecule has 0 saturated heterocycles. The number of carbonyl (C=O) groups excluding carboxylic acids is 1. The fourth-order valence-corrected chi connectivity index (χ4v) is 1.54. The molecule has 0 atom stereocenters. The first-order chi connectivity index (χ1) is 8.44. The summed E-state index contributed by atoms with van der Waals surface area (Å²) in [5.74, 6) is 0.489. The third-order valence-corrected chi connectivity index (χ3v) is 2.23. The molecule has 18 heavy (non-hydrogen) atoms. The van der Waals surface area contributed by atoms with Gasteiger partial charge in [-0.25, -0.2) is 9.78 Å². The number of para-hydroxylation sites is 1. The number of carbonyl (C=O) groups is 1. The van der Waals surface area contributed by atoms with Crippen LogP contribution in [0.4, 0.5) is 10.6 Å². The van der Waals surface area contributed by atoms with Gasteiger partial charge in [0.1, 0.15) is 11.4 Å². The van der Waals surface area contributed by atoms with Crippen molar-refractivity contribution < 1.29 is 9.53 Å². The van der Waals surface area contributed by atoms with Gasteiger partial charge in [0.25, 0.3) is 0 Å². The van der Waals surface area contributed by atoms with Crippen LogP contribution in [-0.2, 0) is 4.74 Å². The lowest BCUT2D eigenvalue weighted by Gasteiger charge is -2.19. The highest BCUT2D eigenvalue weighted by Crippen LogP contribution is 2.15. The standard InChI is InChI=1S/C14H16N2O2/c1-14(2,3)18-13(17)16-12-9-8-10-6-4-5-7-11(10)15-12/h4-9H,1-3H3,(H,15,16,17). The van der Waals surface area contributed by atoms with Crippen molar-refractivity contribution in [1.82, 2.24) is 4.98 Å². The Morgan fingerprint density at radius 2 is 1.89 bits per heavy atom. The number of pyridine rings is 1. The number of amides is 1. The minimum Gasteiger partial charge on any atom is -0.444 e. The molecule has 1 aromatic carbocycles. The fourth-order valence-electron chi connectivity index (χ4n) is 1.54. The second-order valence-electron chi connectivity index (χ2n) is 5.02. The zero-order valence-corrected chi connectivity index (χ0v) is 10.7. The van der Waals surface area contributed by atoms with Gasteiger partial charge in [-0.1, -0.05) is 18.2 Å². The molecular weight excluding hydrogens is 228 g/mol. The molecule has 4 nitrogen and oxygen atoms in total. The van der Waals surface area contributed by atoms with Gasteiger partial charge in [0.05, 0.1) is 5.52 Å². The van der Waals surface area contributed by atoms with Gasteiger partial charge in [-0.05, 0) is 39.0 Å². The van der Waals surface area contributed by atoms with Crippen molar-refractivity contribution in [1.29, 1.82) is 0 Å². The van der Waals surface area contributed by atoms with Crippen LogP contribution in [-0.4, -0.2) is 16.7 Å². The summed E-state index contributed by atoms with van der Waals surface area (Å²) in [6.07, 6.45) is -0.495. The number of fused-ring (bicyclic) bond motifs is 1. The predicted molar refractivity (Wildman–Crippen MR) is 71.6 cm³/mol. The van der Waals surface area contributed by atoms with E-state index in [0.717, 1.165) is 10.9 Å². The Morgan fingerprint density at radius 3 is 2.61 bits per heavy atom. The number of hydrogen-bond acceptors (Lipinski definition) is 3. The summed E-state index contributed by atoms with van der Waals surface area (Å²) in [5, 5.41) is 3.65. The van der Waals surface area contributed by atoms with E-state index >= 15 is 0 Å². The van der Waals surface area contributed by atoms with Crippen LogP contribution in [0.25, 0.3) is 10.9 Å². The van der Waals surface area contributed by atoms with Crippen LogP contribution in [0.15, 0.2) is 36.4 Å². The number of rotatable bonds is 1. The second-order valence-corrected chi connectivity index (χ2v) is 5.02. The van der Waals surface area contributed by atoms with Crippen molar-refractivity contribution in [2.45, 2.75) is 26.4 Å². The van der Waals surface area contributed by atoms with E-state index in [9.17, 15) is 4.79 Å². The fraction of sp³-hybridized carbons (Fsp3) is 0.286. The van der Waals surface area contributed by atoms with E-state index < -0.39 is 11.7 Å². The topological polar surface area (TPSA) is 51.2 Å². The Morgan fingerprint density at radius 1 is 1.17 bits per heavy atom. The van der Waals surface area contributed by atoms with E-state index in [1.165, 1.54) is 0 Å². The maximum Gasteiger partial charge on any atom is 0.413 e. The zero-order valence-electron chi connectivity index (χ0n) is 10.7. The molecule has 0 spiro atoms. The number of nitrogens with zero attached hydrogens (tertiary/aromatic N) is 1. The lowest BCUT2D eigenvalue weighted by atomic mass is 10.2. The molecule has 0 aliphatic heterocycles. The lowest BCUT2D eigenvalue weighted by molar-refractivity contribution is 0.0635. The molecule has 94 valence electrons. The van der Waals surface area contributed by atoms with Crippen molar-refractivity contribution in [3.63, 3.8) is 0 Å². The molecule has 2 aromatic rings. The summed E-state index contributed by atoms with van der Waals surface area (Å²) < 4.78 is 5.16. The maximum atomic E-state index is 11.6. The highest BCUT2D eigenvalue weighted by Gasteiger charge is 2.16. The Bertz CT molecular complexity index is 573. The van der Waals surface area contributed by atoms with E-state index in [1.54, 1.807) is 6.07 Å². The van der Waals surface area contributed by atoms with E-state index in [2.05, 4.69) is 10.3 Å². The van der Waals surface area contributed by atoms with Crippen molar-refractivity contribution >= 4 is 22.8 Å². The quantitative estimate of drug-likeness (QED) is 0.834. The molecule has 4 heteroatoms. The summed E-state index contributed by atoms with van der Waals surface area (Å²) in [7, 11) is 0. The molecule has 0 unspecified atom stereocenters. The normalized spacial score (nSPS) is 11.3. The van der Waals surface area contributed by atoms with Gasteiger partial charge in [-0.3, -0.25) is 5.32 Å². The number of ether oxygens (including phenoxy) is 1. The third kappa shape index (κ3) is 3.20. The largest absolute Gasteiger partial charge is 0.444 e. The minimum atomic E-state index is -0.513. The van der Waals surface area contributed by atoms with Gasteiger partial charge in [-0.15, -0.1) is 0 Å². The van der Waals surface area contributed by atoms with Gasteiger partial charge < -0.3 is 4.74 Å². The second kappa shape index (κ2) is 4.64. The van der Waals surface area contributed by atoms with Gasteiger partial charge in [0, 0.05) is 5.39 Å². The summed E-state index contributed by atoms with van der Waals surface area (Å²) in [6.45, 7) is 5.46. The number of hydrogen-bond donors (Lipinski definition) is 1. The molecule has 0 aliphatic carbocycles. The highest BCUT2D eigenvalue weighted by atomic mass is 16.6. The summed E-state index contributed by atoms with van der Waals surface area (Å²) in [6, 6.07) is 11.4. The molecule has 1 amide bonds. The van der Waals surface area contributed by atoms with Crippen LogP contribution in [0.1, 0.15) is 20.8 Å². The summed E-state index contributed by atoms with van der Waals surface area (Å²) in [4.78, 5) is 15.9. The average Bonchev–Trinajstić information content (AvgIpc) is 2.26. The predicted octanol–water partition coefficient (Wildman–Crippen LogP) is 3.58. The van der Waals surface area contributed by atoms with E-state index in [-0.39, 0.29) is 0 Å². The van der Waals surface area contributed by atoms with Gasteiger partial charge >= 0.3 is 6.09 Å². The van der Waals surface area contributed by atoms with E-state index in [0.29, 0.717) is 5.82 Å². The molecule has 0 fully saturated rings. The van der Waals surface area contributed by atoms with E-state index in [4.69, 9.17) is 4.74 Å².